The van der Waals surface area contributed by atoms with Crippen molar-refractivity contribution in [2.45, 2.75) is 71.1 Å². The molecule has 2 aliphatic heterocycles. The Balaban J connectivity index is 2.26. The second kappa shape index (κ2) is 7.04. The quantitative estimate of drug-likeness (QED) is 0.524. The molecule has 2 rings (SSSR count). The zero-order valence-corrected chi connectivity index (χ0v) is 14.3. The van der Waals surface area contributed by atoms with Crippen molar-refractivity contribution in [3.8, 4) is 0 Å². The molecule has 9 nitrogen and oxygen atoms in total. The monoisotopic (exact) mass is 346 g/mol. The summed E-state index contributed by atoms with van der Waals surface area (Å²) in [5.41, 5.74) is 0. The van der Waals surface area contributed by atoms with Crippen molar-refractivity contribution in [1.29, 1.82) is 0 Å². The van der Waals surface area contributed by atoms with Gasteiger partial charge >= 0.3 is 17.9 Å². The van der Waals surface area contributed by atoms with E-state index in [1.807, 2.05) is 0 Å². The topological polar surface area (TPSA) is 107 Å². The van der Waals surface area contributed by atoms with E-state index in [9.17, 15) is 14.4 Å². The fourth-order valence-corrected chi connectivity index (χ4v) is 2.75. The molecule has 0 N–H and O–H groups in total. The molecule has 2 heterocycles. The SMILES string of the molecule is CC(=O)OC[C@H]1OC(OC(C)=O)[C@H]2OC(C)(C)O[C@H]2[C@@H]1OC(C)=O. The summed E-state index contributed by atoms with van der Waals surface area (Å²) < 4.78 is 32.6. The molecule has 0 aromatic rings. The summed E-state index contributed by atoms with van der Waals surface area (Å²) in [6, 6.07) is 0. The van der Waals surface area contributed by atoms with Crippen LogP contribution in [0.25, 0.3) is 0 Å². The van der Waals surface area contributed by atoms with Crippen molar-refractivity contribution in [2.24, 2.45) is 0 Å². The molecule has 2 fully saturated rings. The standard InChI is InChI=1S/C15H22O9/c1-7(16)19-6-10-11(20-8(2)17)12-13(24-15(4,5)23-12)14(22-10)21-9(3)18/h10-14H,6H2,1-5H3/t10-,11-,12+,13+,14?/m1/s1. The number of carbonyl (C=O) groups is 3. The van der Waals surface area contributed by atoms with Gasteiger partial charge in [-0.3, -0.25) is 14.4 Å². The number of hydrogen-bond acceptors (Lipinski definition) is 9. The van der Waals surface area contributed by atoms with Crippen LogP contribution in [0.4, 0.5) is 0 Å². The highest BCUT2D eigenvalue weighted by Gasteiger charge is 2.58. The highest BCUT2D eigenvalue weighted by Crippen LogP contribution is 2.39. The summed E-state index contributed by atoms with van der Waals surface area (Å²) in [6.07, 6.45) is -4.31. The third-order valence-corrected chi connectivity index (χ3v) is 3.47. The number of ether oxygens (including phenoxy) is 6. The van der Waals surface area contributed by atoms with Crippen molar-refractivity contribution < 1.29 is 42.8 Å². The number of carbonyl (C=O) groups excluding carboxylic acids is 3. The van der Waals surface area contributed by atoms with E-state index in [0.29, 0.717) is 0 Å². The Bertz CT molecular complexity index is 515. The van der Waals surface area contributed by atoms with Gasteiger partial charge in [0.1, 0.15) is 18.8 Å². The predicted octanol–water partition coefficient (Wildman–Crippen LogP) is 0.289. The van der Waals surface area contributed by atoms with Crippen LogP contribution < -0.4 is 0 Å². The first-order valence-electron chi connectivity index (χ1n) is 7.58. The lowest BCUT2D eigenvalue weighted by molar-refractivity contribution is -0.275. The maximum Gasteiger partial charge on any atom is 0.305 e. The van der Waals surface area contributed by atoms with E-state index in [1.54, 1.807) is 13.8 Å². The van der Waals surface area contributed by atoms with Crippen molar-refractivity contribution in [2.75, 3.05) is 6.61 Å². The molecule has 0 radical (unpaired) electrons. The van der Waals surface area contributed by atoms with Gasteiger partial charge in [-0.05, 0) is 13.8 Å². The van der Waals surface area contributed by atoms with Crippen LogP contribution in [0.2, 0.25) is 0 Å². The molecular formula is C15H22O9. The van der Waals surface area contributed by atoms with E-state index in [4.69, 9.17) is 28.4 Å². The van der Waals surface area contributed by atoms with Gasteiger partial charge in [-0.15, -0.1) is 0 Å². The van der Waals surface area contributed by atoms with Crippen molar-refractivity contribution in [3.63, 3.8) is 0 Å². The lowest BCUT2D eigenvalue weighted by Gasteiger charge is -2.40. The van der Waals surface area contributed by atoms with Crippen LogP contribution in [-0.2, 0) is 42.8 Å². The molecule has 0 aromatic carbocycles. The molecule has 24 heavy (non-hydrogen) atoms. The van der Waals surface area contributed by atoms with Gasteiger partial charge < -0.3 is 28.4 Å². The van der Waals surface area contributed by atoms with Crippen LogP contribution in [0.5, 0.6) is 0 Å². The Morgan fingerprint density at radius 2 is 1.50 bits per heavy atom. The molecule has 0 bridgehead atoms. The van der Waals surface area contributed by atoms with Crippen molar-refractivity contribution >= 4 is 17.9 Å². The lowest BCUT2D eigenvalue weighted by Crippen LogP contribution is -2.59. The molecule has 0 spiro atoms. The Morgan fingerprint density at radius 1 is 0.917 bits per heavy atom. The first-order valence-corrected chi connectivity index (χ1v) is 7.58. The van der Waals surface area contributed by atoms with Crippen molar-refractivity contribution in [3.05, 3.63) is 0 Å². The third kappa shape index (κ3) is 4.43. The van der Waals surface area contributed by atoms with Crippen LogP contribution in [0.15, 0.2) is 0 Å². The minimum atomic E-state index is -1.07. The Labute approximate surface area is 139 Å². The molecule has 2 saturated heterocycles. The maximum atomic E-state index is 11.4. The molecule has 0 amide bonds. The summed E-state index contributed by atoms with van der Waals surface area (Å²) in [6.45, 7) is 6.91. The number of hydrogen-bond donors (Lipinski definition) is 0. The third-order valence-electron chi connectivity index (χ3n) is 3.47. The average Bonchev–Trinajstić information content (AvgIpc) is 2.74. The summed E-state index contributed by atoms with van der Waals surface area (Å²) in [7, 11) is 0. The minimum absolute atomic E-state index is 0.182. The molecule has 0 aliphatic carbocycles. The van der Waals surface area contributed by atoms with E-state index >= 15 is 0 Å². The average molecular weight is 346 g/mol. The van der Waals surface area contributed by atoms with Crippen molar-refractivity contribution in [1.82, 2.24) is 0 Å². The minimum Gasteiger partial charge on any atom is -0.463 e. The molecule has 1 unspecified atom stereocenters. The van der Waals surface area contributed by atoms with Crippen LogP contribution in [0.1, 0.15) is 34.6 Å². The Morgan fingerprint density at radius 3 is 2.04 bits per heavy atom. The first kappa shape index (κ1) is 18.6. The van der Waals surface area contributed by atoms with Gasteiger partial charge in [0.25, 0.3) is 0 Å². The summed E-state index contributed by atoms with van der Waals surface area (Å²) in [5.74, 6) is -2.61. The van der Waals surface area contributed by atoms with Crippen LogP contribution >= 0.6 is 0 Å². The highest BCUT2D eigenvalue weighted by molar-refractivity contribution is 5.67. The Kier molecular flexibility index (Phi) is 5.46. The zero-order valence-electron chi connectivity index (χ0n) is 14.3. The van der Waals surface area contributed by atoms with E-state index in [-0.39, 0.29) is 6.61 Å². The maximum absolute atomic E-state index is 11.4. The van der Waals surface area contributed by atoms with Gasteiger partial charge in [0, 0.05) is 20.8 Å². The predicted molar refractivity (Wildman–Crippen MR) is 76.4 cm³/mol. The highest BCUT2D eigenvalue weighted by atomic mass is 16.8. The van der Waals surface area contributed by atoms with Crippen LogP contribution in [0, 0.1) is 0 Å². The molecule has 0 aromatic heterocycles. The van der Waals surface area contributed by atoms with Gasteiger partial charge in [-0.2, -0.15) is 0 Å². The largest absolute Gasteiger partial charge is 0.463 e. The summed E-state index contributed by atoms with van der Waals surface area (Å²) in [5, 5.41) is 0. The Hall–Kier alpha value is -1.71. The summed E-state index contributed by atoms with van der Waals surface area (Å²) in [4.78, 5) is 33.8. The lowest BCUT2D eigenvalue weighted by atomic mass is 9.99. The molecule has 5 atom stereocenters. The zero-order chi connectivity index (χ0) is 18.1. The van der Waals surface area contributed by atoms with Crippen LogP contribution in [0.3, 0.4) is 0 Å². The molecule has 0 saturated carbocycles. The van der Waals surface area contributed by atoms with E-state index in [1.165, 1.54) is 20.8 Å². The fourth-order valence-electron chi connectivity index (χ4n) is 2.75. The molecule has 2 aliphatic rings. The molecular weight excluding hydrogens is 324 g/mol. The summed E-state index contributed by atoms with van der Waals surface area (Å²) >= 11 is 0. The van der Waals surface area contributed by atoms with Gasteiger partial charge in [0.2, 0.25) is 6.29 Å². The molecule has 9 heteroatoms. The van der Waals surface area contributed by atoms with E-state index in [2.05, 4.69) is 0 Å². The van der Waals surface area contributed by atoms with Gasteiger partial charge in [-0.1, -0.05) is 0 Å². The number of fused-ring (bicyclic) bond motifs is 1. The molecule has 136 valence electrons. The van der Waals surface area contributed by atoms with Gasteiger partial charge in [0.05, 0.1) is 0 Å². The smallest absolute Gasteiger partial charge is 0.305 e. The van der Waals surface area contributed by atoms with Crippen LogP contribution in [-0.4, -0.2) is 61.0 Å². The normalized spacial score (nSPS) is 34.1. The van der Waals surface area contributed by atoms with E-state index < -0.39 is 54.4 Å². The number of esters is 3. The first-order chi connectivity index (χ1) is 11.1. The fraction of sp³-hybridized carbons (Fsp3) is 0.800. The van der Waals surface area contributed by atoms with E-state index in [0.717, 1.165) is 0 Å². The van der Waals surface area contributed by atoms with Gasteiger partial charge in [0.15, 0.2) is 18.0 Å². The van der Waals surface area contributed by atoms with Gasteiger partial charge in [-0.25, -0.2) is 0 Å². The second-order valence-electron chi connectivity index (χ2n) is 6.09. The second-order valence-corrected chi connectivity index (χ2v) is 6.09. The number of rotatable bonds is 4.